The summed E-state index contributed by atoms with van der Waals surface area (Å²) in [6.45, 7) is 0. The molecule has 0 aliphatic heterocycles. The van der Waals surface area contributed by atoms with Gasteiger partial charge in [-0.25, -0.2) is 0 Å². The highest BCUT2D eigenvalue weighted by Gasteiger charge is 2.24. The third-order valence-electron chi connectivity index (χ3n) is 10.8. The summed E-state index contributed by atoms with van der Waals surface area (Å²) >= 11 is 0. The third kappa shape index (κ3) is 5.85. The van der Waals surface area contributed by atoms with E-state index in [1.165, 1.54) is 55.2 Å². The normalized spacial score (nSPS) is 11.2. The Morgan fingerprint density at radius 1 is 0.304 bits per heavy atom. The highest BCUT2D eigenvalue weighted by Crippen LogP contribution is 2.48. The molecular weight excluding hydrogens is 677 g/mol. The molecule has 0 unspecified atom stereocenters. The molecule has 10 rings (SSSR count). The van der Waals surface area contributed by atoms with E-state index in [9.17, 15) is 0 Å². The Labute approximate surface area is 327 Å². The van der Waals surface area contributed by atoms with Gasteiger partial charge in [-0.1, -0.05) is 182 Å². The van der Waals surface area contributed by atoms with Crippen LogP contribution in [0.1, 0.15) is 0 Å². The molecule has 0 saturated heterocycles. The topological polar surface area (TPSA) is 8.17 Å². The van der Waals surface area contributed by atoms with Crippen molar-refractivity contribution < 1.29 is 0 Å². The highest BCUT2D eigenvalue weighted by molar-refractivity contribution is 6.17. The molecule has 2 heteroatoms. The standard InChI is InChI=1S/C54H38N2/c1-4-20-39(21-5-1)41-24-18-27-43(38-41)56(53-37-19-36-52-54(53)49-33-15-17-35-51(49)55(52)42-25-8-3-9-26-42)50-34-16-14-32-48(50)47-31-13-12-30-46(47)45-29-11-10-28-44(45)40-22-6-2-7-23-40/h1-38H. The molecule has 0 bridgehead atoms. The molecule has 0 fully saturated rings. The molecular formula is C54H38N2. The number of benzene rings is 9. The average molecular weight is 715 g/mol. The average Bonchev–Trinajstić information content (AvgIpc) is 3.63. The number of para-hydroxylation sites is 3. The number of hydrogen-bond donors (Lipinski definition) is 0. The predicted molar refractivity (Wildman–Crippen MR) is 237 cm³/mol. The fraction of sp³-hybridized carbons (Fsp3) is 0. The molecule has 0 aliphatic carbocycles. The molecule has 56 heavy (non-hydrogen) atoms. The van der Waals surface area contributed by atoms with E-state index in [0.29, 0.717) is 0 Å². The Balaban J connectivity index is 1.26. The molecule has 0 spiro atoms. The van der Waals surface area contributed by atoms with Gasteiger partial charge in [0.25, 0.3) is 0 Å². The zero-order chi connectivity index (χ0) is 37.3. The molecule has 10 aromatic rings. The predicted octanol–water partition coefficient (Wildman–Crippen LogP) is 14.9. The van der Waals surface area contributed by atoms with Gasteiger partial charge in [0.15, 0.2) is 0 Å². The quantitative estimate of drug-likeness (QED) is 0.152. The molecule has 9 aromatic carbocycles. The number of fused-ring (bicyclic) bond motifs is 3. The van der Waals surface area contributed by atoms with Gasteiger partial charge in [-0.2, -0.15) is 0 Å². The monoisotopic (exact) mass is 714 g/mol. The molecule has 1 aromatic heterocycles. The number of nitrogens with zero attached hydrogens (tertiary/aromatic N) is 2. The Morgan fingerprint density at radius 3 is 1.52 bits per heavy atom. The molecule has 0 amide bonds. The van der Waals surface area contributed by atoms with Gasteiger partial charge in [-0.05, 0) is 87.5 Å². The van der Waals surface area contributed by atoms with Crippen molar-refractivity contribution in [1.29, 1.82) is 0 Å². The van der Waals surface area contributed by atoms with E-state index in [4.69, 9.17) is 0 Å². The van der Waals surface area contributed by atoms with Crippen molar-refractivity contribution >= 4 is 38.9 Å². The second-order valence-electron chi connectivity index (χ2n) is 14.1. The van der Waals surface area contributed by atoms with E-state index in [2.05, 4.69) is 240 Å². The van der Waals surface area contributed by atoms with E-state index < -0.39 is 0 Å². The van der Waals surface area contributed by atoms with Crippen LogP contribution in [-0.4, -0.2) is 4.57 Å². The Hall–Kier alpha value is -7.42. The van der Waals surface area contributed by atoms with Crippen molar-refractivity contribution in [3.63, 3.8) is 0 Å². The fourth-order valence-corrected chi connectivity index (χ4v) is 8.34. The van der Waals surface area contributed by atoms with Gasteiger partial charge in [0.1, 0.15) is 0 Å². The second-order valence-corrected chi connectivity index (χ2v) is 14.1. The van der Waals surface area contributed by atoms with Crippen LogP contribution in [0.5, 0.6) is 0 Å². The lowest BCUT2D eigenvalue weighted by Crippen LogP contribution is -2.12. The zero-order valence-electron chi connectivity index (χ0n) is 30.8. The van der Waals surface area contributed by atoms with Crippen LogP contribution in [0.25, 0.3) is 72.0 Å². The maximum Gasteiger partial charge on any atom is 0.0562 e. The van der Waals surface area contributed by atoms with Crippen molar-refractivity contribution in [2.24, 2.45) is 0 Å². The first-order valence-electron chi connectivity index (χ1n) is 19.2. The fourth-order valence-electron chi connectivity index (χ4n) is 8.34. The van der Waals surface area contributed by atoms with Crippen molar-refractivity contribution in [2.45, 2.75) is 0 Å². The van der Waals surface area contributed by atoms with Crippen molar-refractivity contribution in [1.82, 2.24) is 4.57 Å². The highest BCUT2D eigenvalue weighted by atomic mass is 15.2. The number of rotatable bonds is 8. The maximum atomic E-state index is 2.48. The van der Waals surface area contributed by atoms with Crippen molar-refractivity contribution in [3.8, 4) is 50.2 Å². The molecule has 0 atom stereocenters. The van der Waals surface area contributed by atoms with E-state index in [1.54, 1.807) is 0 Å². The van der Waals surface area contributed by atoms with Crippen LogP contribution in [0.4, 0.5) is 17.1 Å². The van der Waals surface area contributed by atoms with Crippen LogP contribution < -0.4 is 4.90 Å². The van der Waals surface area contributed by atoms with Gasteiger partial charge in [0.2, 0.25) is 0 Å². The van der Waals surface area contributed by atoms with Gasteiger partial charge in [-0.15, -0.1) is 0 Å². The minimum atomic E-state index is 1.09. The van der Waals surface area contributed by atoms with E-state index in [0.717, 1.165) is 33.8 Å². The van der Waals surface area contributed by atoms with Gasteiger partial charge in [-0.3, -0.25) is 0 Å². The maximum absolute atomic E-state index is 2.48. The van der Waals surface area contributed by atoms with Gasteiger partial charge >= 0.3 is 0 Å². The lowest BCUT2D eigenvalue weighted by atomic mass is 9.88. The van der Waals surface area contributed by atoms with Crippen LogP contribution in [0.15, 0.2) is 231 Å². The molecule has 0 radical (unpaired) electrons. The van der Waals surface area contributed by atoms with Gasteiger partial charge < -0.3 is 9.47 Å². The lowest BCUT2D eigenvalue weighted by Gasteiger charge is -2.29. The zero-order valence-corrected chi connectivity index (χ0v) is 30.8. The number of anilines is 3. The Kier molecular flexibility index (Phi) is 8.55. The SMILES string of the molecule is c1ccc(-c2cccc(N(c3ccccc3-c3ccccc3-c3ccccc3-c3ccccc3)c3cccc4c3c3ccccc3n4-c3ccccc3)c2)cc1. The van der Waals surface area contributed by atoms with Crippen molar-refractivity contribution in [2.75, 3.05) is 4.90 Å². The molecule has 0 N–H and O–H groups in total. The third-order valence-corrected chi connectivity index (χ3v) is 10.8. The molecule has 264 valence electrons. The second kappa shape index (κ2) is 14.4. The number of aromatic nitrogens is 1. The molecule has 2 nitrogen and oxygen atoms in total. The van der Waals surface area contributed by atoms with E-state index >= 15 is 0 Å². The summed E-state index contributed by atoms with van der Waals surface area (Å²) in [5.74, 6) is 0. The van der Waals surface area contributed by atoms with Gasteiger partial charge in [0.05, 0.1) is 22.4 Å². The number of hydrogen-bond acceptors (Lipinski definition) is 1. The van der Waals surface area contributed by atoms with Crippen LogP contribution >= 0.6 is 0 Å². The largest absolute Gasteiger partial charge is 0.309 e. The van der Waals surface area contributed by atoms with Crippen LogP contribution in [0.3, 0.4) is 0 Å². The summed E-state index contributed by atoms with van der Waals surface area (Å²) in [5.41, 5.74) is 16.3. The van der Waals surface area contributed by atoms with E-state index in [-0.39, 0.29) is 0 Å². The van der Waals surface area contributed by atoms with Gasteiger partial charge in [0, 0.05) is 27.7 Å². The summed E-state index contributed by atoms with van der Waals surface area (Å²) in [5, 5.41) is 2.41. The minimum Gasteiger partial charge on any atom is -0.309 e. The van der Waals surface area contributed by atoms with Crippen LogP contribution in [0, 0.1) is 0 Å². The Morgan fingerprint density at radius 2 is 0.786 bits per heavy atom. The smallest absolute Gasteiger partial charge is 0.0562 e. The summed E-state index contributed by atoms with van der Waals surface area (Å²) in [7, 11) is 0. The molecule has 1 heterocycles. The van der Waals surface area contributed by atoms with Crippen LogP contribution in [-0.2, 0) is 0 Å². The Bertz CT molecular complexity index is 2960. The first-order chi connectivity index (χ1) is 27.8. The van der Waals surface area contributed by atoms with Crippen molar-refractivity contribution in [3.05, 3.63) is 231 Å². The molecule has 0 saturated carbocycles. The summed E-state index contributed by atoms with van der Waals surface area (Å²) in [6.07, 6.45) is 0. The molecule has 0 aliphatic rings. The summed E-state index contributed by atoms with van der Waals surface area (Å²) in [4.78, 5) is 2.48. The summed E-state index contributed by atoms with van der Waals surface area (Å²) in [6, 6.07) is 83.1. The first-order valence-corrected chi connectivity index (χ1v) is 19.2. The first kappa shape index (κ1) is 33.2. The van der Waals surface area contributed by atoms with E-state index in [1.807, 2.05) is 0 Å². The van der Waals surface area contributed by atoms with Crippen LogP contribution in [0.2, 0.25) is 0 Å². The lowest BCUT2D eigenvalue weighted by molar-refractivity contribution is 1.18. The summed E-state index contributed by atoms with van der Waals surface area (Å²) < 4.78 is 2.40. The minimum absolute atomic E-state index is 1.09.